The largest absolute Gasteiger partial charge is 0.375 e. The molecule has 0 aromatic heterocycles. The zero-order chi connectivity index (χ0) is 15.9. The van der Waals surface area contributed by atoms with Crippen LogP contribution in [-0.2, 0) is 0 Å². The van der Waals surface area contributed by atoms with Gasteiger partial charge in [-0.25, -0.2) is 0 Å². The van der Waals surface area contributed by atoms with Crippen LogP contribution in [0, 0.1) is 0 Å². The highest BCUT2D eigenvalue weighted by Crippen LogP contribution is 2.15. The lowest BCUT2D eigenvalue weighted by atomic mass is 9.99. The fourth-order valence-corrected chi connectivity index (χ4v) is 2.88. The number of rotatable bonds is 6. The summed E-state index contributed by atoms with van der Waals surface area (Å²) in [5.41, 5.74) is 1.91. The number of nitrogens with zero attached hydrogens (tertiary/aromatic N) is 1. The highest BCUT2D eigenvalue weighted by Gasteiger charge is 2.22. The minimum absolute atomic E-state index is 0.0308. The first-order valence-electron chi connectivity index (χ1n) is 8.47. The zero-order valence-electron chi connectivity index (χ0n) is 14.1. The first-order valence-corrected chi connectivity index (χ1v) is 8.47. The van der Waals surface area contributed by atoms with Gasteiger partial charge in [-0.2, -0.15) is 0 Å². The van der Waals surface area contributed by atoms with E-state index in [9.17, 15) is 4.79 Å². The first-order chi connectivity index (χ1) is 10.6. The fourth-order valence-electron chi connectivity index (χ4n) is 2.88. The lowest BCUT2D eigenvalue weighted by Gasteiger charge is -2.30. The summed E-state index contributed by atoms with van der Waals surface area (Å²) in [5, 5.41) is 6.56. The molecule has 2 N–H and O–H groups in total. The van der Waals surface area contributed by atoms with Crippen molar-refractivity contribution in [2.24, 2.45) is 0 Å². The zero-order valence-corrected chi connectivity index (χ0v) is 14.1. The fraction of sp³-hybridized carbons (Fsp3) is 0.611. The smallest absolute Gasteiger partial charge is 0.251 e. The van der Waals surface area contributed by atoms with Gasteiger partial charge in [0.1, 0.15) is 0 Å². The van der Waals surface area contributed by atoms with Gasteiger partial charge in [0.05, 0.1) is 0 Å². The Bertz CT molecular complexity index is 472. The van der Waals surface area contributed by atoms with E-state index in [1.165, 1.54) is 12.8 Å². The summed E-state index contributed by atoms with van der Waals surface area (Å²) in [6.07, 6.45) is 4.55. The molecule has 122 valence electrons. The van der Waals surface area contributed by atoms with Crippen LogP contribution in [0.25, 0.3) is 0 Å². The van der Waals surface area contributed by atoms with E-state index in [4.69, 9.17) is 0 Å². The van der Waals surface area contributed by atoms with Crippen molar-refractivity contribution in [3.63, 3.8) is 0 Å². The lowest BCUT2D eigenvalue weighted by Crippen LogP contribution is -2.51. The third kappa shape index (κ3) is 4.47. The van der Waals surface area contributed by atoms with Gasteiger partial charge < -0.3 is 15.5 Å². The summed E-state index contributed by atoms with van der Waals surface area (Å²) < 4.78 is 0. The van der Waals surface area contributed by atoms with Crippen molar-refractivity contribution >= 4 is 11.6 Å². The molecule has 1 fully saturated rings. The minimum atomic E-state index is 0.0308. The molecule has 2 unspecified atom stereocenters. The average molecular weight is 303 g/mol. The molecular formula is C18H29N3O. The molecule has 1 aliphatic rings. The van der Waals surface area contributed by atoms with Gasteiger partial charge in [0.25, 0.3) is 5.91 Å². The van der Waals surface area contributed by atoms with Crippen molar-refractivity contribution in [2.75, 3.05) is 25.0 Å². The van der Waals surface area contributed by atoms with Gasteiger partial charge in [0.2, 0.25) is 0 Å². The second kappa shape index (κ2) is 8.18. The van der Waals surface area contributed by atoms with Crippen LogP contribution in [0.3, 0.4) is 0 Å². The quantitative estimate of drug-likeness (QED) is 0.849. The summed E-state index contributed by atoms with van der Waals surface area (Å²) in [5.74, 6) is 0.0308. The Morgan fingerprint density at radius 1 is 1.36 bits per heavy atom. The van der Waals surface area contributed by atoms with Gasteiger partial charge in [0.15, 0.2) is 0 Å². The maximum absolute atomic E-state index is 12.4. The number of hydrogen-bond donors (Lipinski definition) is 2. The number of amides is 1. The van der Waals surface area contributed by atoms with E-state index in [1.54, 1.807) is 0 Å². The Morgan fingerprint density at radius 3 is 2.73 bits per heavy atom. The lowest BCUT2D eigenvalue weighted by molar-refractivity contribution is 0.0920. The monoisotopic (exact) mass is 303 g/mol. The molecule has 2 atom stereocenters. The Hall–Kier alpha value is -1.55. The van der Waals surface area contributed by atoms with E-state index in [-0.39, 0.29) is 11.9 Å². The van der Waals surface area contributed by atoms with Crippen LogP contribution in [0.1, 0.15) is 49.9 Å². The normalized spacial score (nSPS) is 21.4. The van der Waals surface area contributed by atoms with Crippen molar-refractivity contribution in [1.82, 2.24) is 10.6 Å². The van der Waals surface area contributed by atoms with Crippen molar-refractivity contribution in [2.45, 2.75) is 51.6 Å². The molecule has 0 bridgehead atoms. The topological polar surface area (TPSA) is 44.4 Å². The van der Waals surface area contributed by atoms with Crippen molar-refractivity contribution in [1.29, 1.82) is 0 Å². The molecule has 22 heavy (non-hydrogen) atoms. The third-order valence-electron chi connectivity index (χ3n) is 4.50. The van der Waals surface area contributed by atoms with E-state index in [0.717, 1.165) is 37.2 Å². The molecule has 1 heterocycles. The Labute approximate surface area is 134 Å². The number of anilines is 1. The summed E-state index contributed by atoms with van der Waals surface area (Å²) in [4.78, 5) is 14.6. The molecule has 1 amide bonds. The third-order valence-corrected chi connectivity index (χ3v) is 4.50. The van der Waals surface area contributed by atoms with Crippen molar-refractivity contribution in [3.8, 4) is 0 Å². The summed E-state index contributed by atoms with van der Waals surface area (Å²) in [6.45, 7) is 6.43. The van der Waals surface area contributed by atoms with Crippen LogP contribution in [0.5, 0.6) is 0 Å². The molecule has 0 saturated carbocycles. The van der Waals surface area contributed by atoms with Gasteiger partial charge in [-0.05, 0) is 57.0 Å². The van der Waals surface area contributed by atoms with Gasteiger partial charge in [-0.3, -0.25) is 4.79 Å². The van der Waals surface area contributed by atoms with E-state index in [2.05, 4.69) is 36.4 Å². The van der Waals surface area contributed by atoms with Gasteiger partial charge in [-0.15, -0.1) is 0 Å². The van der Waals surface area contributed by atoms with Gasteiger partial charge >= 0.3 is 0 Å². The van der Waals surface area contributed by atoms with Crippen LogP contribution in [0.2, 0.25) is 0 Å². The van der Waals surface area contributed by atoms with E-state index < -0.39 is 0 Å². The molecule has 1 aromatic carbocycles. The number of unbranched alkanes of at least 4 members (excludes halogenated alkanes) is 1. The molecule has 1 aliphatic heterocycles. The number of nitrogens with one attached hydrogen (secondary N) is 2. The number of benzene rings is 1. The molecule has 1 saturated heterocycles. The standard InChI is InChI=1S/C18H29N3O/c1-4-5-13-21(3)16-10-8-15(9-11-16)18(22)20-17-7-6-12-19-14(17)2/h8-11,14,17,19H,4-7,12-13H2,1-3H3,(H,20,22). The Morgan fingerprint density at radius 2 is 2.09 bits per heavy atom. The first kappa shape index (κ1) is 16.8. The molecular weight excluding hydrogens is 274 g/mol. The van der Waals surface area contributed by atoms with Gasteiger partial charge in [-0.1, -0.05) is 13.3 Å². The predicted molar refractivity (Wildman–Crippen MR) is 92.6 cm³/mol. The second-order valence-electron chi connectivity index (χ2n) is 6.29. The molecule has 0 radical (unpaired) electrons. The average Bonchev–Trinajstić information content (AvgIpc) is 2.55. The Balaban J connectivity index is 1.93. The van der Waals surface area contributed by atoms with Crippen molar-refractivity contribution < 1.29 is 4.79 Å². The maximum Gasteiger partial charge on any atom is 0.251 e. The van der Waals surface area contributed by atoms with Crippen molar-refractivity contribution in [3.05, 3.63) is 29.8 Å². The summed E-state index contributed by atoms with van der Waals surface area (Å²) >= 11 is 0. The van der Waals surface area contributed by atoms with E-state index in [0.29, 0.717) is 6.04 Å². The van der Waals surface area contributed by atoms with Crippen LogP contribution in [0.15, 0.2) is 24.3 Å². The Kier molecular flexibility index (Phi) is 6.25. The summed E-state index contributed by atoms with van der Waals surface area (Å²) in [6, 6.07) is 8.49. The van der Waals surface area contributed by atoms with Gasteiger partial charge in [0, 0.05) is 36.9 Å². The highest BCUT2D eigenvalue weighted by molar-refractivity contribution is 5.94. The second-order valence-corrected chi connectivity index (χ2v) is 6.29. The van der Waals surface area contributed by atoms with E-state index >= 15 is 0 Å². The maximum atomic E-state index is 12.4. The number of carbonyl (C=O) groups excluding carboxylic acids is 1. The SMILES string of the molecule is CCCCN(C)c1ccc(C(=O)NC2CCCNC2C)cc1. The van der Waals surface area contributed by atoms with Crippen LogP contribution in [-0.4, -0.2) is 38.1 Å². The van der Waals surface area contributed by atoms with Crippen LogP contribution >= 0.6 is 0 Å². The minimum Gasteiger partial charge on any atom is -0.375 e. The molecule has 0 spiro atoms. The van der Waals surface area contributed by atoms with E-state index in [1.807, 2.05) is 24.3 Å². The van der Waals surface area contributed by atoms with Crippen LogP contribution < -0.4 is 15.5 Å². The number of piperidine rings is 1. The summed E-state index contributed by atoms with van der Waals surface area (Å²) in [7, 11) is 2.10. The number of carbonyl (C=O) groups is 1. The van der Waals surface area contributed by atoms with Crippen LogP contribution in [0.4, 0.5) is 5.69 Å². The molecule has 0 aliphatic carbocycles. The molecule has 4 heteroatoms. The molecule has 4 nitrogen and oxygen atoms in total. The predicted octanol–water partition coefficient (Wildman–Crippen LogP) is 2.79. The highest BCUT2D eigenvalue weighted by atomic mass is 16.1. The molecule has 2 rings (SSSR count). The number of hydrogen-bond acceptors (Lipinski definition) is 3. The molecule has 1 aromatic rings.